The molecule has 1 rings (SSSR count). The van der Waals surface area contributed by atoms with Gasteiger partial charge in [0.15, 0.2) is 0 Å². The average molecular weight is 284 g/mol. The van der Waals surface area contributed by atoms with E-state index in [0.717, 1.165) is 32.4 Å². The molecule has 0 atom stereocenters. The Bertz CT molecular complexity index is 299. The minimum Gasteiger partial charge on any atom is -0.385 e. The molecular formula is C15H28N2O3. The highest BCUT2D eigenvalue weighted by atomic mass is 16.5. The second kappa shape index (κ2) is 9.75. The van der Waals surface area contributed by atoms with Gasteiger partial charge in [0.2, 0.25) is 11.8 Å². The van der Waals surface area contributed by atoms with Crippen LogP contribution in [0.15, 0.2) is 0 Å². The molecule has 1 heterocycles. The van der Waals surface area contributed by atoms with Gasteiger partial charge in [-0.05, 0) is 19.3 Å². The first-order valence-electron chi connectivity index (χ1n) is 7.67. The number of rotatable bonds is 7. The fourth-order valence-electron chi connectivity index (χ4n) is 2.54. The van der Waals surface area contributed by atoms with Crippen molar-refractivity contribution in [2.45, 2.75) is 45.4 Å². The lowest BCUT2D eigenvalue weighted by Crippen LogP contribution is -2.37. The lowest BCUT2D eigenvalue weighted by molar-refractivity contribution is -0.133. The first kappa shape index (κ1) is 17.0. The molecule has 1 aliphatic rings. The van der Waals surface area contributed by atoms with E-state index in [4.69, 9.17) is 4.74 Å². The van der Waals surface area contributed by atoms with Crippen molar-refractivity contribution in [3.63, 3.8) is 0 Å². The van der Waals surface area contributed by atoms with E-state index < -0.39 is 0 Å². The zero-order chi connectivity index (χ0) is 14.8. The Morgan fingerprint density at radius 2 is 1.75 bits per heavy atom. The predicted molar refractivity (Wildman–Crippen MR) is 78.4 cm³/mol. The maximum atomic E-state index is 12.2. The highest BCUT2D eigenvalue weighted by Crippen LogP contribution is 2.11. The number of carbonyl (C=O) groups is 2. The topological polar surface area (TPSA) is 49.9 Å². The normalized spacial score (nSPS) is 15.8. The molecule has 1 aliphatic heterocycles. The van der Waals surface area contributed by atoms with Crippen LogP contribution in [0.25, 0.3) is 0 Å². The van der Waals surface area contributed by atoms with Crippen LogP contribution >= 0.6 is 0 Å². The standard InChI is InChI=1S/C15H28N2O3/c1-14(18)16(11-7-13-20-2)12-8-15(19)17-9-5-3-4-6-10-17/h3-13H2,1-2H3. The molecule has 0 radical (unpaired) electrons. The summed E-state index contributed by atoms with van der Waals surface area (Å²) in [6, 6.07) is 0. The van der Waals surface area contributed by atoms with Gasteiger partial charge in [0.25, 0.3) is 0 Å². The summed E-state index contributed by atoms with van der Waals surface area (Å²) < 4.78 is 4.99. The van der Waals surface area contributed by atoms with Crippen LogP contribution in [0.5, 0.6) is 0 Å². The third-order valence-electron chi connectivity index (χ3n) is 3.78. The number of hydrogen-bond acceptors (Lipinski definition) is 3. The SMILES string of the molecule is COCCCN(CCC(=O)N1CCCCCC1)C(C)=O. The van der Waals surface area contributed by atoms with Gasteiger partial charge in [0, 0.05) is 53.2 Å². The van der Waals surface area contributed by atoms with Crippen molar-refractivity contribution < 1.29 is 14.3 Å². The van der Waals surface area contributed by atoms with E-state index in [0.29, 0.717) is 26.1 Å². The summed E-state index contributed by atoms with van der Waals surface area (Å²) in [7, 11) is 1.65. The van der Waals surface area contributed by atoms with E-state index >= 15 is 0 Å². The van der Waals surface area contributed by atoms with Gasteiger partial charge >= 0.3 is 0 Å². The van der Waals surface area contributed by atoms with Crippen molar-refractivity contribution in [1.29, 1.82) is 0 Å². The minimum absolute atomic E-state index is 0.0322. The van der Waals surface area contributed by atoms with E-state index in [9.17, 15) is 9.59 Å². The van der Waals surface area contributed by atoms with Gasteiger partial charge in [0.05, 0.1) is 0 Å². The zero-order valence-corrected chi connectivity index (χ0v) is 12.9. The molecule has 0 N–H and O–H groups in total. The Hall–Kier alpha value is -1.10. The van der Waals surface area contributed by atoms with Crippen LogP contribution < -0.4 is 0 Å². The molecule has 0 aromatic rings. The Labute approximate surface area is 122 Å². The molecule has 0 aliphatic carbocycles. The fraction of sp³-hybridized carbons (Fsp3) is 0.867. The number of ether oxygens (including phenoxy) is 1. The van der Waals surface area contributed by atoms with Crippen molar-refractivity contribution in [3.05, 3.63) is 0 Å². The van der Waals surface area contributed by atoms with Crippen LogP contribution in [-0.2, 0) is 14.3 Å². The third kappa shape index (κ3) is 6.37. The van der Waals surface area contributed by atoms with Crippen LogP contribution in [0, 0.1) is 0 Å². The molecule has 0 spiro atoms. The molecule has 5 nitrogen and oxygen atoms in total. The highest BCUT2D eigenvalue weighted by molar-refractivity contribution is 5.78. The molecular weight excluding hydrogens is 256 g/mol. The summed E-state index contributed by atoms with van der Waals surface area (Å²) in [4.78, 5) is 27.4. The molecule has 0 bridgehead atoms. The van der Waals surface area contributed by atoms with Gasteiger partial charge in [-0.2, -0.15) is 0 Å². The Kier molecular flexibility index (Phi) is 8.26. The van der Waals surface area contributed by atoms with E-state index in [1.165, 1.54) is 12.8 Å². The number of carbonyl (C=O) groups excluding carboxylic acids is 2. The summed E-state index contributed by atoms with van der Waals surface area (Å²) in [5.74, 6) is 0.217. The predicted octanol–water partition coefficient (Wildman–Crippen LogP) is 1.66. The number of hydrogen-bond donors (Lipinski definition) is 0. The van der Waals surface area contributed by atoms with Crippen LogP contribution in [-0.4, -0.2) is 61.5 Å². The van der Waals surface area contributed by atoms with Gasteiger partial charge in [-0.3, -0.25) is 9.59 Å². The van der Waals surface area contributed by atoms with Gasteiger partial charge in [0.1, 0.15) is 0 Å². The summed E-state index contributed by atoms with van der Waals surface area (Å²) >= 11 is 0. The fourth-order valence-corrected chi connectivity index (χ4v) is 2.54. The number of amides is 2. The van der Waals surface area contributed by atoms with Gasteiger partial charge in [-0.15, -0.1) is 0 Å². The van der Waals surface area contributed by atoms with Crippen LogP contribution in [0.4, 0.5) is 0 Å². The lowest BCUT2D eigenvalue weighted by Gasteiger charge is -2.24. The first-order valence-corrected chi connectivity index (χ1v) is 7.67. The minimum atomic E-state index is 0.0322. The molecule has 0 saturated carbocycles. The molecule has 0 unspecified atom stereocenters. The van der Waals surface area contributed by atoms with Crippen LogP contribution in [0.1, 0.15) is 45.4 Å². The monoisotopic (exact) mass is 284 g/mol. The second-order valence-electron chi connectivity index (χ2n) is 5.40. The maximum Gasteiger partial charge on any atom is 0.224 e. The summed E-state index contributed by atoms with van der Waals surface area (Å²) in [5, 5.41) is 0. The number of likely N-dealkylation sites (tertiary alicyclic amines) is 1. The lowest BCUT2D eigenvalue weighted by atomic mass is 10.2. The number of nitrogens with zero attached hydrogens (tertiary/aromatic N) is 2. The highest BCUT2D eigenvalue weighted by Gasteiger charge is 2.17. The summed E-state index contributed by atoms with van der Waals surface area (Å²) in [6.07, 6.45) is 5.91. The molecule has 5 heteroatoms. The van der Waals surface area contributed by atoms with Crippen molar-refractivity contribution in [2.24, 2.45) is 0 Å². The largest absolute Gasteiger partial charge is 0.385 e. The molecule has 1 saturated heterocycles. The van der Waals surface area contributed by atoms with Crippen molar-refractivity contribution in [3.8, 4) is 0 Å². The van der Waals surface area contributed by atoms with E-state index in [-0.39, 0.29) is 11.8 Å². The number of methoxy groups -OCH3 is 1. The maximum absolute atomic E-state index is 12.2. The molecule has 116 valence electrons. The molecule has 0 aromatic carbocycles. The quantitative estimate of drug-likeness (QED) is 0.668. The first-order chi connectivity index (χ1) is 9.65. The van der Waals surface area contributed by atoms with Crippen molar-refractivity contribution >= 4 is 11.8 Å². The van der Waals surface area contributed by atoms with Crippen LogP contribution in [0.2, 0.25) is 0 Å². The third-order valence-corrected chi connectivity index (χ3v) is 3.78. The smallest absolute Gasteiger partial charge is 0.224 e. The van der Waals surface area contributed by atoms with Crippen molar-refractivity contribution in [1.82, 2.24) is 9.80 Å². The van der Waals surface area contributed by atoms with E-state index in [1.54, 1.807) is 18.9 Å². The van der Waals surface area contributed by atoms with Gasteiger partial charge in [-0.25, -0.2) is 0 Å². The van der Waals surface area contributed by atoms with E-state index in [1.807, 2.05) is 4.90 Å². The summed E-state index contributed by atoms with van der Waals surface area (Å²) in [6.45, 7) is 5.14. The molecule has 2 amide bonds. The van der Waals surface area contributed by atoms with Crippen molar-refractivity contribution in [2.75, 3.05) is 39.9 Å². The summed E-state index contributed by atoms with van der Waals surface area (Å²) in [5.41, 5.74) is 0. The van der Waals surface area contributed by atoms with Gasteiger partial charge < -0.3 is 14.5 Å². The molecule has 0 aromatic heterocycles. The second-order valence-corrected chi connectivity index (χ2v) is 5.40. The average Bonchev–Trinajstić information content (AvgIpc) is 2.71. The Balaban J connectivity index is 2.33. The van der Waals surface area contributed by atoms with Gasteiger partial charge in [-0.1, -0.05) is 12.8 Å². The van der Waals surface area contributed by atoms with Crippen LogP contribution in [0.3, 0.4) is 0 Å². The Morgan fingerprint density at radius 1 is 1.10 bits per heavy atom. The van der Waals surface area contributed by atoms with E-state index in [2.05, 4.69) is 0 Å². The zero-order valence-electron chi connectivity index (χ0n) is 12.9. The molecule has 1 fully saturated rings. The molecule has 20 heavy (non-hydrogen) atoms. The Morgan fingerprint density at radius 3 is 2.30 bits per heavy atom.